The number of halogens is 1. The average molecular weight is 360 g/mol. The van der Waals surface area contributed by atoms with Crippen molar-refractivity contribution in [3.05, 3.63) is 59.4 Å². The number of piperidine rings is 1. The largest absolute Gasteiger partial charge is 0.367 e. The Balaban J connectivity index is 0.00000182. The Kier molecular flexibility index (Phi) is 5.25. The zero-order chi connectivity index (χ0) is 16.5. The SMILES string of the molecule is Cl.O=C(NC1CC2CCC(C1)N2)c1ccc(C(=O)c2cc[nH]c2)cc1. The number of hydrogen-bond donors (Lipinski definition) is 3. The van der Waals surface area contributed by atoms with Crippen LogP contribution in [-0.2, 0) is 0 Å². The number of hydrogen-bond acceptors (Lipinski definition) is 3. The van der Waals surface area contributed by atoms with Gasteiger partial charge in [0.25, 0.3) is 5.91 Å². The van der Waals surface area contributed by atoms with Gasteiger partial charge < -0.3 is 15.6 Å². The topological polar surface area (TPSA) is 74.0 Å². The summed E-state index contributed by atoms with van der Waals surface area (Å²) in [6, 6.07) is 9.99. The lowest BCUT2D eigenvalue weighted by molar-refractivity contribution is 0.0922. The summed E-state index contributed by atoms with van der Waals surface area (Å²) in [5.41, 5.74) is 1.81. The summed E-state index contributed by atoms with van der Waals surface area (Å²) >= 11 is 0. The Morgan fingerprint density at radius 1 is 0.920 bits per heavy atom. The molecule has 2 bridgehead atoms. The molecule has 132 valence electrons. The van der Waals surface area contributed by atoms with Crippen LogP contribution in [0.25, 0.3) is 0 Å². The second kappa shape index (κ2) is 7.42. The summed E-state index contributed by atoms with van der Waals surface area (Å²) in [7, 11) is 0. The highest BCUT2D eigenvalue weighted by Crippen LogP contribution is 2.27. The van der Waals surface area contributed by atoms with E-state index in [0.29, 0.717) is 28.8 Å². The van der Waals surface area contributed by atoms with Gasteiger partial charge in [0.05, 0.1) is 0 Å². The molecule has 0 saturated carbocycles. The molecule has 2 atom stereocenters. The second-order valence-electron chi connectivity index (χ2n) is 6.79. The van der Waals surface area contributed by atoms with Crippen LogP contribution in [0.5, 0.6) is 0 Å². The van der Waals surface area contributed by atoms with E-state index in [1.807, 2.05) is 0 Å². The van der Waals surface area contributed by atoms with E-state index in [9.17, 15) is 9.59 Å². The fourth-order valence-electron chi connectivity index (χ4n) is 3.85. The number of benzene rings is 1. The van der Waals surface area contributed by atoms with Gasteiger partial charge in [0, 0.05) is 47.2 Å². The van der Waals surface area contributed by atoms with Crippen LogP contribution in [0.3, 0.4) is 0 Å². The molecule has 5 nitrogen and oxygen atoms in total. The number of aromatic nitrogens is 1. The van der Waals surface area contributed by atoms with Gasteiger partial charge in [-0.2, -0.15) is 0 Å². The summed E-state index contributed by atoms with van der Waals surface area (Å²) in [4.78, 5) is 27.6. The smallest absolute Gasteiger partial charge is 0.251 e. The first-order chi connectivity index (χ1) is 11.7. The average Bonchev–Trinajstić information content (AvgIpc) is 3.24. The molecule has 1 aromatic carbocycles. The molecular formula is C19H22ClN3O2. The fourth-order valence-corrected chi connectivity index (χ4v) is 3.85. The van der Waals surface area contributed by atoms with Gasteiger partial charge in [-0.3, -0.25) is 9.59 Å². The van der Waals surface area contributed by atoms with Crippen molar-refractivity contribution in [3.63, 3.8) is 0 Å². The van der Waals surface area contributed by atoms with Gasteiger partial charge in [0.2, 0.25) is 0 Å². The molecule has 1 aromatic heterocycles. The molecule has 4 rings (SSSR count). The molecular weight excluding hydrogens is 338 g/mol. The Morgan fingerprint density at radius 2 is 1.56 bits per heavy atom. The zero-order valence-electron chi connectivity index (χ0n) is 13.8. The number of fused-ring (bicyclic) bond motifs is 2. The van der Waals surface area contributed by atoms with Crippen molar-refractivity contribution in [1.29, 1.82) is 0 Å². The molecule has 2 aromatic rings. The number of H-pyrrole nitrogens is 1. The summed E-state index contributed by atoms with van der Waals surface area (Å²) in [6.07, 6.45) is 7.84. The Morgan fingerprint density at radius 3 is 2.16 bits per heavy atom. The van der Waals surface area contributed by atoms with Gasteiger partial charge in [-0.05, 0) is 43.9 Å². The highest BCUT2D eigenvalue weighted by atomic mass is 35.5. The first-order valence-electron chi connectivity index (χ1n) is 8.53. The van der Waals surface area contributed by atoms with Crippen molar-refractivity contribution in [3.8, 4) is 0 Å². The van der Waals surface area contributed by atoms with Crippen LogP contribution in [0.4, 0.5) is 0 Å². The van der Waals surface area contributed by atoms with E-state index in [1.165, 1.54) is 12.8 Å². The summed E-state index contributed by atoms with van der Waals surface area (Å²) < 4.78 is 0. The summed E-state index contributed by atoms with van der Waals surface area (Å²) in [6.45, 7) is 0. The van der Waals surface area contributed by atoms with Gasteiger partial charge in [-0.1, -0.05) is 12.1 Å². The number of carbonyl (C=O) groups is 2. The minimum absolute atomic E-state index is 0. The lowest BCUT2D eigenvalue weighted by Gasteiger charge is -2.29. The van der Waals surface area contributed by atoms with Crippen LogP contribution in [0.2, 0.25) is 0 Å². The van der Waals surface area contributed by atoms with Crippen LogP contribution in [-0.4, -0.2) is 34.8 Å². The first kappa shape index (κ1) is 17.7. The summed E-state index contributed by atoms with van der Waals surface area (Å²) in [5.74, 6) is -0.0971. The van der Waals surface area contributed by atoms with Gasteiger partial charge in [-0.25, -0.2) is 0 Å². The van der Waals surface area contributed by atoms with E-state index in [4.69, 9.17) is 0 Å². The molecule has 2 saturated heterocycles. The molecule has 1 amide bonds. The number of nitrogens with one attached hydrogen (secondary N) is 3. The quantitative estimate of drug-likeness (QED) is 0.735. The Hall–Kier alpha value is -2.11. The van der Waals surface area contributed by atoms with E-state index in [2.05, 4.69) is 15.6 Å². The molecule has 0 aliphatic carbocycles. The van der Waals surface area contributed by atoms with Crippen molar-refractivity contribution in [2.24, 2.45) is 0 Å². The first-order valence-corrected chi connectivity index (χ1v) is 8.53. The number of amides is 1. The molecule has 3 heterocycles. The van der Waals surface area contributed by atoms with Gasteiger partial charge in [-0.15, -0.1) is 12.4 Å². The molecule has 0 spiro atoms. The maximum Gasteiger partial charge on any atom is 0.251 e. The van der Waals surface area contributed by atoms with Crippen molar-refractivity contribution in [2.75, 3.05) is 0 Å². The van der Waals surface area contributed by atoms with Gasteiger partial charge >= 0.3 is 0 Å². The highest BCUT2D eigenvalue weighted by Gasteiger charge is 2.34. The minimum Gasteiger partial charge on any atom is -0.367 e. The van der Waals surface area contributed by atoms with Gasteiger partial charge in [0.15, 0.2) is 5.78 Å². The van der Waals surface area contributed by atoms with Crippen molar-refractivity contribution in [1.82, 2.24) is 15.6 Å². The predicted molar refractivity (Wildman–Crippen MR) is 98.3 cm³/mol. The maximum absolute atomic E-state index is 12.4. The maximum atomic E-state index is 12.4. The summed E-state index contributed by atoms with van der Waals surface area (Å²) in [5, 5.41) is 6.72. The van der Waals surface area contributed by atoms with Crippen LogP contribution in [0, 0.1) is 0 Å². The van der Waals surface area contributed by atoms with Crippen molar-refractivity contribution < 1.29 is 9.59 Å². The standard InChI is InChI=1S/C19H21N3O2.ClH/c23-18(14-7-8-20-11-14)12-1-3-13(4-2-12)19(24)22-17-9-15-5-6-16(10-17)21-15;/h1-4,7-8,11,15-17,20-21H,5-6,9-10H2,(H,22,24);1H. The van der Waals surface area contributed by atoms with E-state index < -0.39 is 0 Å². The van der Waals surface area contributed by atoms with Crippen LogP contribution < -0.4 is 10.6 Å². The van der Waals surface area contributed by atoms with Crippen LogP contribution in [0.15, 0.2) is 42.7 Å². The minimum atomic E-state index is -0.0538. The third-order valence-electron chi connectivity index (χ3n) is 5.08. The van der Waals surface area contributed by atoms with Crippen LogP contribution in [0.1, 0.15) is 52.0 Å². The zero-order valence-corrected chi connectivity index (χ0v) is 14.6. The molecule has 2 aliphatic heterocycles. The van der Waals surface area contributed by atoms with E-state index in [0.717, 1.165) is 12.8 Å². The van der Waals surface area contributed by atoms with E-state index >= 15 is 0 Å². The predicted octanol–water partition coefficient (Wildman–Crippen LogP) is 2.68. The Labute approximate surface area is 153 Å². The molecule has 3 N–H and O–H groups in total. The molecule has 2 unspecified atom stereocenters. The number of aromatic amines is 1. The molecule has 0 radical (unpaired) electrons. The molecule has 2 fully saturated rings. The monoisotopic (exact) mass is 359 g/mol. The van der Waals surface area contributed by atoms with E-state index in [1.54, 1.807) is 42.7 Å². The lowest BCUT2D eigenvalue weighted by atomic mass is 9.99. The Bertz CT molecular complexity index is 731. The molecule has 25 heavy (non-hydrogen) atoms. The molecule has 6 heteroatoms. The number of ketones is 1. The fraction of sp³-hybridized carbons (Fsp3) is 0.368. The van der Waals surface area contributed by atoms with Crippen molar-refractivity contribution >= 4 is 24.1 Å². The van der Waals surface area contributed by atoms with Crippen LogP contribution >= 0.6 is 12.4 Å². The van der Waals surface area contributed by atoms with E-state index in [-0.39, 0.29) is 30.1 Å². The second-order valence-corrected chi connectivity index (χ2v) is 6.79. The number of carbonyl (C=O) groups excluding carboxylic acids is 2. The third-order valence-corrected chi connectivity index (χ3v) is 5.08. The highest BCUT2D eigenvalue weighted by molar-refractivity contribution is 6.09. The van der Waals surface area contributed by atoms with Crippen molar-refractivity contribution in [2.45, 2.75) is 43.8 Å². The lowest BCUT2D eigenvalue weighted by Crippen LogP contribution is -2.48. The normalized spacial score (nSPS) is 24.4. The molecule has 2 aliphatic rings. The number of rotatable bonds is 4. The van der Waals surface area contributed by atoms with Gasteiger partial charge in [0.1, 0.15) is 0 Å². The third kappa shape index (κ3) is 3.78.